The molecule has 1 aliphatic carbocycles. The summed E-state index contributed by atoms with van der Waals surface area (Å²) in [4.78, 5) is 22.9. The summed E-state index contributed by atoms with van der Waals surface area (Å²) in [5, 5.41) is 12.4. The van der Waals surface area contributed by atoms with Gasteiger partial charge < -0.3 is 10.4 Å². The molecule has 2 N–H and O–H groups in total. The van der Waals surface area contributed by atoms with E-state index < -0.39 is 12.0 Å². The zero-order chi connectivity index (χ0) is 14.9. The van der Waals surface area contributed by atoms with Crippen molar-refractivity contribution in [1.82, 2.24) is 5.32 Å². The van der Waals surface area contributed by atoms with Crippen LogP contribution >= 0.6 is 23.2 Å². The summed E-state index contributed by atoms with van der Waals surface area (Å²) in [7, 11) is 0. The Morgan fingerprint density at radius 1 is 1.40 bits per heavy atom. The zero-order valence-electron chi connectivity index (χ0n) is 10.9. The number of carbonyl (C=O) groups is 2. The second kappa shape index (κ2) is 6.02. The van der Waals surface area contributed by atoms with Crippen LogP contribution in [-0.4, -0.2) is 23.0 Å². The summed E-state index contributed by atoms with van der Waals surface area (Å²) in [6, 6.07) is 4.49. The summed E-state index contributed by atoms with van der Waals surface area (Å²) >= 11 is 11.8. The van der Waals surface area contributed by atoms with Crippen molar-refractivity contribution < 1.29 is 14.7 Å². The van der Waals surface area contributed by atoms with Gasteiger partial charge >= 0.3 is 5.97 Å². The first-order chi connectivity index (χ1) is 9.43. The minimum absolute atomic E-state index is 0.0936. The highest BCUT2D eigenvalue weighted by Crippen LogP contribution is 2.48. The van der Waals surface area contributed by atoms with E-state index in [1.807, 2.05) is 6.07 Å². The molecule has 4 nitrogen and oxygen atoms in total. The second-order valence-electron chi connectivity index (χ2n) is 4.93. The predicted molar refractivity (Wildman–Crippen MR) is 77.2 cm³/mol. The van der Waals surface area contributed by atoms with Crippen LogP contribution in [0.4, 0.5) is 0 Å². The van der Waals surface area contributed by atoms with E-state index in [2.05, 4.69) is 5.32 Å². The third-order valence-electron chi connectivity index (χ3n) is 3.52. The van der Waals surface area contributed by atoms with Gasteiger partial charge in [-0.1, -0.05) is 36.2 Å². The number of benzene rings is 1. The molecule has 2 rings (SSSR count). The summed E-state index contributed by atoms with van der Waals surface area (Å²) in [6.45, 7) is 1.72. The number of rotatable bonds is 5. The Bertz CT molecular complexity index is 547. The molecule has 0 bridgehead atoms. The maximum Gasteiger partial charge on any atom is 0.326 e. The van der Waals surface area contributed by atoms with Gasteiger partial charge in [0.25, 0.3) is 0 Å². The molecule has 0 heterocycles. The molecule has 0 radical (unpaired) electrons. The number of carboxylic acids is 1. The van der Waals surface area contributed by atoms with Crippen LogP contribution in [-0.2, 0) is 9.59 Å². The van der Waals surface area contributed by atoms with E-state index in [1.165, 1.54) is 0 Å². The number of carboxylic acid groups (broad SMARTS) is 1. The molecular weight excluding hydrogens is 301 g/mol. The lowest BCUT2D eigenvalue weighted by Crippen LogP contribution is -2.41. The Kier molecular flexibility index (Phi) is 4.55. The van der Waals surface area contributed by atoms with Crippen LogP contribution in [0.2, 0.25) is 10.0 Å². The van der Waals surface area contributed by atoms with Gasteiger partial charge in [-0.3, -0.25) is 4.79 Å². The normalized spacial score (nSPS) is 22.1. The van der Waals surface area contributed by atoms with Crippen LogP contribution in [0.1, 0.15) is 31.2 Å². The number of aliphatic carboxylic acids is 1. The number of nitrogens with one attached hydrogen (secondary N) is 1. The van der Waals surface area contributed by atoms with Gasteiger partial charge in [0.15, 0.2) is 0 Å². The van der Waals surface area contributed by atoms with Gasteiger partial charge in [0.2, 0.25) is 5.91 Å². The number of amides is 1. The minimum Gasteiger partial charge on any atom is -0.480 e. The highest BCUT2D eigenvalue weighted by molar-refractivity contribution is 6.42. The lowest BCUT2D eigenvalue weighted by atomic mass is 10.1. The summed E-state index contributed by atoms with van der Waals surface area (Å²) in [6.07, 6.45) is 1.07. The van der Waals surface area contributed by atoms with E-state index >= 15 is 0 Å². The number of hydrogen-bond donors (Lipinski definition) is 2. The quantitative estimate of drug-likeness (QED) is 0.877. The number of halogens is 2. The third kappa shape index (κ3) is 3.25. The largest absolute Gasteiger partial charge is 0.480 e. The van der Waals surface area contributed by atoms with Crippen LogP contribution < -0.4 is 5.32 Å². The average Bonchev–Trinajstić information content (AvgIpc) is 3.19. The highest BCUT2D eigenvalue weighted by Gasteiger charge is 2.44. The second-order valence-corrected chi connectivity index (χ2v) is 5.74. The van der Waals surface area contributed by atoms with E-state index in [4.69, 9.17) is 28.3 Å². The van der Waals surface area contributed by atoms with Gasteiger partial charge in [0.05, 0.1) is 10.0 Å². The van der Waals surface area contributed by atoms with Crippen LogP contribution in [0.25, 0.3) is 0 Å². The Morgan fingerprint density at radius 3 is 2.65 bits per heavy atom. The molecule has 3 atom stereocenters. The van der Waals surface area contributed by atoms with Crippen molar-refractivity contribution in [1.29, 1.82) is 0 Å². The van der Waals surface area contributed by atoms with Gasteiger partial charge in [-0.25, -0.2) is 4.79 Å². The molecule has 3 unspecified atom stereocenters. The molecule has 0 aromatic heterocycles. The highest BCUT2D eigenvalue weighted by atomic mass is 35.5. The van der Waals surface area contributed by atoms with Gasteiger partial charge in [-0.05, 0) is 36.5 Å². The van der Waals surface area contributed by atoms with Crippen LogP contribution in [0, 0.1) is 5.92 Å². The Hall–Kier alpha value is -1.26. The van der Waals surface area contributed by atoms with E-state index in [0.717, 1.165) is 5.56 Å². The van der Waals surface area contributed by atoms with Crippen molar-refractivity contribution in [3.8, 4) is 0 Å². The van der Waals surface area contributed by atoms with E-state index in [0.29, 0.717) is 22.9 Å². The number of carbonyl (C=O) groups excluding carboxylic acids is 1. The molecule has 0 aliphatic heterocycles. The smallest absolute Gasteiger partial charge is 0.326 e. The summed E-state index contributed by atoms with van der Waals surface area (Å²) < 4.78 is 0. The average molecular weight is 316 g/mol. The van der Waals surface area contributed by atoms with Crippen LogP contribution in [0.3, 0.4) is 0 Å². The molecule has 0 saturated heterocycles. The van der Waals surface area contributed by atoms with Crippen molar-refractivity contribution >= 4 is 35.1 Å². The van der Waals surface area contributed by atoms with Gasteiger partial charge in [-0.15, -0.1) is 0 Å². The molecule has 1 amide bonds. The SMILES string of the molecule is CCC(NC(=O)C1CC1c1ccc(Cl)c(Cl)c1)C(=O)O. The van der Waals surface area contributed by atoms with Crippen molar-refractivity contribution in [2.75, 3.05) is 0 Å². The van der Waals surface area contributed by atoms with Crippen LogP contribution in [0.15, 0.2) is 18.2 Å². The zero-order valence-corrected chi connectivity index (χ0v) is 12.4. The molecule has 1 saturated carbocycles. The molecule has 0 spiro atoms. The van der Waals surface area contributed by atoms with E-state index in [-0.39, 0.29) is 17.7 Å². The standard InChI is InChI=1S/C14H15Cl2NO3/c1-2-12(14(19)20)17-13(18)9-6-8(9)7-3-4-10(15)11(16)5-7/h3-5,8-9,12H,2,6H2,1H3,(H,17,18)(H,19,20). The summed E-state index contributed by atoms with van der Waals surface area (Å²) in [5.41, 5.74) is 0.961. The molecular formula is C14H15Cl2NO3. The van der Waals surface area contributed by atoms with Gasteiger partial charge in [-0.2, -0.15) is 0 Å². The molecule has 1 fully saturated rings. The Morgan fingerprint density at radius 2 is 2.10 bits per heavy atom. The maximum absolute atomic E-state index is 12.0. The van der Waals surface area contributed by atoms with Gasteiger partial charge in [0, 0.05) is 5.92 Å². The predicted octanol–water partition coefficient (Wildman–Crippen LogP) is 3.08. The number of hydrogen-bond acceptors (Lipinski definition) is 2. The fourth-order valence-electron chi connectivity index (χ4n) is 2.21. The summed E-state index contributed by atoms with van der Waals surface area (Å²) in [5.74, 6) is -1.31. The topological polar surface area (TPSA) is 66.4 Å². The van der Waals surface area contributed by atoms with Crippen LogP contribution in [0.5, 0.6) is 0 Å². The third-order valence-corrected chi connectivity index (χ3v) is 4.26. The van der Waals surface area contributed by atoms with E-state index in [9.17, 15) is 9.59 Å². The first-order valence-corrected chi connectivity index (χ1v) is 7.17. The Labute approximate surface area is 127 Å². The molecule has 108 valence electrons. The van der Waals surface area contributed by atoms with Gasteiger partial charge in [0.1, 0.15) is 6.04 Å². The first-order valence-electron chi connectivity index (χ1n) is 6.42. The fraction of sp³-hybridized carbons (Fsp3) is 0.429. The molecule has 20 heavy (non-hydrogen) atoms. The lowest BCUT2D eigenvalue weighted by Gasteiger charge is -2.12. The van der Waals surface area contributed by atoms with Crippen molar-refractivity contribution in [2.24, 2.45) is 5.92 Å². The Balaban J connectivity index is 1.98. The first kappa shape index (κ1) is 15.1. The maximum atomic E-state index is 12.0. The lowest BCUT2D eigenvalue weighted by molar-refractivity contribution is -0.142. The van der Waals surface area contributed by atoms with Crippen molar-refractivity contribution in [2.45, 2.75) is 31.7 Å². The molecule has 6 heteroatoms. The van der Waals surface area contributed by atoms with Crippen molar-refractivity contribution in [3.05, 3.63) is 33.8 Å². The molecule has 1 aromatic carbocycles. The van der Waals surface area contributed by atoms with E-state index in [1.54, 1.807) is 19.1 Å². The minimum atomic E-state index is -1.01. The molecule has 1 aromatic rings. The van der Waals surface area contributed by atoms with Crippen molar-refractivity contribution in [3.63, 3.8) is 0 Å². The monoisotopic (exact) mass is 315 g/mol. The fourth-order valence-corrected chi connectivity index (χ4v) is 2.52. The molecule has 1 aliphatic rings.